The van der Waals surface area contributed by atoms with Crippen LogP contribution >= 0.6 is 0 Å². The van der Waals surface area contributed by atoms with Crippen LogP contribution < -0.4 is 5.32 Å². The van der Waals surface area contributed by atoms with Gasteiger partial charge < -0.3 is 5.32 Å². The molecule has 0 saturated carbocycles. The van der Waals surface area contributed by atoms with E-state index in [1.807, 2.05) is 0 Å². The van der Waals surface area contributed by atoms with E-state index in [1.165, 1.54) is 6.42 Å². The Morgan fingerprint density at radius 2 is 2.27 bits per heavy atom. The van der Waals surface area contributed by atoms with Crippen molar-refractivity contribution in [2.75, 3.05) is 6.54 Å². The molecule has 0 fully saturated rings. The first-order chi connectivity index (χ1) is 5.25. The van der Waals surface area contributed by atoms with Gasteiger partial charge in [-0.2, -0.15) is 0 Å². The third kappa shape index (κ3) is 2.06. The van der Waals surface area contributed by atoms with Crippen molar-refractivity contribution in [1.29, 1.82) is 0 Å². The lowest BCUT2D eigenvalue weighted by atomic mass is 9.85. The standard InChI is InChI=1S/C10H19N/c1-4-10-9(8(2)3)6-5-7-11-10/h5-6,8-11H,4,7H2,1-3H3. The monoisotopic (exact) mass is 153 g/mol. The molecule has 1 N–H and O–H groups in total. The Kier molecular flexibility index (Phi) is 3.13. The summed E-state index contributed by atoms with van der Waals surface area (Å²) in [6.07, 6.45) is 5.86. The third-order valence-electron chi connectivity index (χ3n) is 2.53. The van der Waals surface area contributed by atoms with Crippen molar-refractivity contribution in [3.05, 3.63) is 12.2 Å². The Bertz CT molecular complexity index is 138. The highest BCUT2D eigenvalue weighted by molar-refractivity contribution is 5.01. The molecule has 2 atom stereocenters. The number of nitrogens with one attached hydrogen (secondary N) is 1. The minimum Gasteiger partial charge on any atom is -0.310 e. The molecule has 2 unspecified atom stereocenters. The zero-order valence-corrected chi connectivity index (χ0v) is 7.80. The highest BCUT2D eigenvalue weighted by Crippen LogP contribution is 2.21. The van der Waals surface area contributed by atoms with Gasteiger partial charge in [0.2, 0.25) is 0 Å². The van der Waals surface area contributed by atoms with E-state index in [9.17, 15) is 0 Å². The van der Waals surface area contributed by atoms with Crippen molar-refractivity contribution >= 4 is 0 Å². The Morgan fingerprint density at radius 1 is 1.55 bits per heavy atom. The Hall–Kier alpha value is -0.300. The van der Waals surface area contributed by atoms with Gasteiger partial charge in [0.25, 0.3) is 0 Å². The molecule has 0 saturated heterocycles. The second kappa shape index (κ2) is 3.91. The molecule has 11 heavy (non-hydrogen) atoms. The fourth-order valence-electron chi connectivity index (χ4n) is 1.82. The molecule has 1 rings (SSSR count). The van der Waals surface area contributed by atoms with Gasteiger partial charge in [0.05, 0.1) is 0 Å². The predicted molar refractivity (Wildman–Crippen MR) is 49.5 cm³/mol. The molecule has 1 heteroatoms. The van der Waals surface area contributed by atoms with E-state index < -0.39 is 0 Å². The van der Waals surface area contributed by atoms with E-state index in [-0.39, 0.29) is 0 Å². The maximum atomic E-state index is 3.51. The van der Waals surface area contributed by atoms with Crippen molar-refractivity contribution in [2.45, 2.75) is 33.2 Å². The first-order valence-electron chi connectivity index (χ1n) is 4.65. The highest BCUT2D eigenvalue weighted by Gasteiger charge is 2.21. The quantitative estimate of drug-likeness (QED) is 0.600. The smallest absolute Gasteiger partial charge is 0.0137 e. The normalized spacial score (nSPS) is 31.3. The zero-order chi connectivity index (χ0) is 8.27. The molecule has 1 aliphatic rings. The van der Waals surface area contributed by atoms with Crippen LogP contribution in [0.3, 0.4) is 0 Å². The molecular weight excluding hydrogens is 134 g/mol. The molecule has 0 aromatic rings. The van der Waals surface area contributed by atoms with Gasteiger partial charge in [-0.25, -0.2) is 0 Å². The van der Waals surface area contributed by atoms with Gasteiger partial charge in [0, 0.05) is 12.6 Å². The van der Waals surface area contributed by atoms with Crippen molar-refractivity contribution in [3.63, 3.8) is 0 Å². The molecular formula is C10H19N. The van der Waals surface area contributed by atoms with E-state index in [1.54, 1.807) is 0 Å². The average Bonchev–Trinajstić information content (AvgIpc) is 2.04. The number of hydrogen-bond acceptors (Lipinski definition) is 1. The number of rotatable bonds is 2. The van der Waals surface area contributed by atoms with Crippen molar-refractivity contribution < 1.29 is 0 Å². The van der Waals surface area contributed by atoms with Gasteiger partial charge in [0.15, 0.2) is 0 Å². The summed E-state index contributed by atoms with van der Waals surface area (Å²) in [7, 11) is 0. The van der Waals surface area contributed by atoms with Crippen LogP contribution in [0.2, 0.25) is 0 Å². The summed E-state index contributed by atoms with van der Waals surface area (Å²) in [4.78, 5) is 0. The van der Waals surface area contributed by atoms with Gasteiger partial charge in [-0.1, -0.05) is 32.9 Å². The fraction of sp³-hybridized carbons (Fsp3) is 0.800. The van der Waals surface area contributed by atoms with Crippen molar-refractivity contribution in [2.24, 2.45) is 11.8 Å². The summed E-state index contributed by atoms with van der Waals surface area (Å²) in [5.41, 5.74) is 0. The van der Waals surface area contributed by atoms with E-state index >= 15 is 0 Å². The van der Waals surface area contributed by atoms with Crippen LogP contribution in [0.15, 0.2) is 12.2 Å². The second-order valence-corrected chi connectivity index (χ2v) is 3.67. The Morgan fingerprint density at radius 3 is 2.73 bits per heavy atom. The SMILES string of the molecule is CCC1NCC=CC1C(C)C. The van der Waals surface area contributed by atoms with Crippen LogP contribution in [0.4, 0.5) is 0 Å². The van der Waals surface area contributed by atoms with Crippen LogP contribution in [0.5, 0.6) is 0 Å². The first kappa shape index (κ1) is 8.79. The lowest BCUT2D eigenvalue weighted by Gasteiger charge is -2.30. The summed E-state index contributed by atoms with van der Waals surface area (Å²) in [6.45, 7) is 7.91. The van der Waals surface area contributed by atoms with Crippen LogP contribution in [-0.2, 0) is 0 Å². The van der Waals surface area contributed by atoms with Crippen LogP contribution in [0, 0.1) is 11.8 Å². The van der Waals surface area contributed by atoms with E-state index in [4.69, 9.17) is 0 Å². The summed E-state index contributed by atoms with van der Waals surface area (Å²) >= 11 is 0. The molecule has 1 aliphatic heterocycles. The fourth-order valence-corrected chi connectivity index (χ4v) is 1.82. The third-order valence-corrected chi connectivity index (χ3v) is 2.53. The summed E-state index contributed by atoms with van der Waals surface area (Å²) in [5.74, 6) is 1.51. The van der Waals surface area contributed by atoms with Crippen LogP contribution in [-0.4, -0.2) is 12.6 Å². The average molecular weight is 153 g/mol. The molecule has 0 spiro atoms. The minimum absolute atomic E-state index is 0.708. The topological polar surface area (TPSA) is 12.0 Å². The minimum atomic E-state index is 0.708. The highest BCUT2D eigenvalue weighted by atomic mass is 14.9. The maximum absolute atomic E-state index is 3.51. The first-order valence-corrected chi connectivity index (χ1v) is 4.65. The Labute approximate surface area is 69.9 Å². The molecule has 0 aromatic carbocycles. The summed E-state index contributed by atoms with van der Waals surface area (Å²) in [5, 5.41) is 3.51. The van der Waals surface area contributed by atoms with E-state index in [0.717, 1.165) is 18.4 Å². The van der Waals surface area contributed by atoms with Gasteiger partial charge in [-0.3, -0.25) is 0 Å². The van der Waals surface area contributed by atoms with E-state index in [0.29, 0.717) is 6.04 Å². The largest absolute Gasteiger partial charge is 0.310 e. The Balaban J connectivity index is 2.57. The molecule has 0 radical (unpaired) electrons. The molecule has 0 bridgehead atoms. The lowest BCUT2D eigenvalue weighted by Crippen LogP contribution is -2.40. The lowest BCUT2D eigenvalue weighted by molar-refractivity contribution is 0.320. The number of hydrogen-bond donors (Lipinski definition) is 1. The molecule has 1 heterocycles. The van der Waals surface area contributed by atoms with Gasteiger partial charge in [-0.05, 0) is 18.3 Å². The maximum Gasteiger partial charge on any atom is 0.0137 e. The molecule has 64 valence electrons. The van der Waals surface area contributed by atoms with Crippen LogP contribution in [0.1, 0.15) is 27.2 Å². The summed E-state index contributed by atoms with van der Waals surface area (Å²) in [6, 6.07) is 0.708. The van der Waals surface area contributed by atoms with Gasteiger partial charge >= 0.3 is 0 Å². The van der Waals surface area contributed by atoms with Gasteiger partial charge in [0.1, 0.15) is 0 Å². The van der Waals surface area contributed by atoms with E-state index in [2.05, 4.69) is 38.2 Å². The second-order valence-electron chi connectivity index (χ2n) is 3.67. The zero-order valence-electron chi connectivity index (χ0n) is 7.80. The molecule has 0 aromatic heterocycles. The predicted octanol–water partition coefficient (Wildman–Crippen LogP) is 2.20. The summed E-state index contributed by atoms with van der Waals surface area (Å²) < 4.78 is 0. The molecule has 0 aliphatic carbocycles. The van der Waals surface area contributed by atoms with Crippen LogP contribution in [0.25, 0.3) is 0 Å². The van der Waals surface area contributed by atoms with Crippen molar-refractivity contribution in [1.82, 2.24) is 5.32 Å². The van der Waals surface area contributed by atoms with Crippen molar-refractivity contribution in [3.8, 4) is 0 Å². The molecule has 0 amide bonds. The molecule has 1 nitrogen and oxygen atoms in total. The van der Waals surface area contributed by atoms with Gasteiger partial charge in [-0.15, -0.1) is 0 Å².